The lowest BCUT2D eigenvalue weighted by molar-refractivity contribution is -0.221. The number of hydrogen-bond acceptors (Lipinski definition) is 14. The number of piperidine rings is 1. The molecule has 2 N–H and O–H groups in total. The van der Waals surface area contributed by atoms with Gasteiger partial charge >= 0.3 is 24.3 Å². The molecule has 5 aromatic rings. The molecule has 60 heavy (non-hydrogen) atoms. The summed E-state index contributed by atoms with van der Waals surface area (Å²) in [6, 6.07) is 19.3. The van der Waals surface area contributed by atoms with Gasteiger partial charge in [0.15, 0.2) is 41.5 Å². The topological polar surface area (TPSA) is 176 Å². The van der Waals surface area contributed by atoms with E-state index in [1.54, 1.807) is 0 Å². The predicted molar refractivity (Wildman–Crippen MR) is 200 cm³/mol. The largest absolute Gasteiger partial charge is 0.490 e. The van der Waals surface area contributed by atoms with E-state index in [1.165, 1.54) is 6.08 Å². The van der Waals surface area contributed by atoms with Crippen molar-refractivity contribution in [1.82, 2.24) is 44.6 Å². The Labute approximate surface area is 337 Å². The average molecular weight is 844 g/mol. The van der Waals surface area contributed by atoms with E-state index >= 15 is 0 Å². The number of imidazole rings is 1. The summed E-state index contributed by atoms with van der Waals surface area (Å²) in [5, 5.41) is 18.1. The van der Waals surface area contributed by atoms with Crippen LogP contribution < -0.4 is 10.6 Å². The van der Waals surface area contributed by atoms with Crippen molar-refractivity contribution in [3.8, 4) is 0 Å². The zero-order chi connectivity index (χ0) is 42.4. The van der Waals surface area contributed by atoms with Crippen molar-refractivity contribution in [2.75, 3.05) is 43.4 Å². The third-order valence-electron chi connectivity index (χ3n) is 9.89. The van der Waals surface area contributed by atoms with Crippen LogP contribution in [0.1, 0.15) is 54.5 Å². The van der Waals surface area contributed by atoms with Crippen LogP contribution in [-0.2, 0) is 30.3 Å². The number of nitrogens with zero attached hydrogens (tertiary/aromatic N) is 9. The summed E-state index contributed by atoms with van der Waals surface area (Å²) in [6.45, 7) is 6.64. The van der Waals surface area contributed by atoms with E-state index in [-0.39, 0.29) is 41.9 Å². The number of esters is 2. The molecule has 3 aromatic heterocycles. The van der Waals surface area contributed by atoms with Crippen LogP contribution in [0.2, 0.25) is 0 Å². The number of rotatable bonds is 15. The number of benzene rings is 2. The molecule has 2 aliphatic rings. The highest BCUT2D eigenvalue weighted by atomic mass is 19.4. The van der Waals surface area contributed by atoms with Crippen molar-refractivity contribution in [1.29, 1.82) is 0 Å². The van der Waals surface area contributed by atoms with Crippen LogP contribution in [0.25, 0.3) is 11.2 Å². The van der Waals surface area contributed by atoms with E-state index in [0.717, 1.165) is 59.2 Å². The maximum atomic E-state index is 13.8. The molecule has 0 bridgehead atoms. The van der Waals surface area contributed by atoms with Crippen LogP contribution in [-0.4, -0.2) is 114 Å². The fourth-order valence-corrected chi connectivity index (χ4v) is 7.08. The Hall–Kier alpha value is -6.16. The highest BCUT2D eigenvalue weighted by Gasteiger charge is 2.57. The van der Waals surface area contributed by atoms with Crippen molar-refractivity contribution < 1.29 is 50.1 Å². The number of ether oxygens (including phenoxy) is 3. The predicted octanol–water partition coefficient (Wildman–Crippen LogP) is 5.36. The van der Waals surface area contributed by atoms with E-state index in [9.17, 15) is 35.9 Å². The molecule has 0 amide bonds. The third-order valence-corrected chi connectivity index (χ3v) is 9.89. The van der Waals surface area contributed by atoms with Gasteiger partial charge in [-0.05, 0) is 42.3 Å². The lowest BCUT2D eigenvalue weighted by Gasteiger charge is -2.26. The maximum absolute atomic E-state index is 13.8. The van der Waals surface area contributed by atoms with Crippen molar-refractivity contribution in [2.45, 2.75) is 68.6 Å². The molecule has 0 unspecified atom stereocenters. The minimum absolute atomic E-state index is 0.0373. The zero-order valence-corrected chi connectivity index (χ0v) is 31.7. The van der Waals surface area contributed by atoms with Crippen LogP contribution >= 0.6 is 0 Å². The minimum Gasteiger partial charge on any atom is -0.448 e. The molecule has 4 atom stereocenters. The van der Waals surface area contributed by atoms with Gasteiger partial charge in [0.2, 0.25) is 11.8 Å². The second kappa shape index (κ2) is 18.0. The van der Waals surface area contributed by atoms with Crippen molar-refractivity contribution in [2.24, 2.45) is 0 Å². The van der Waals surface area contributed by atoms with E-state index in [0.29, 0.717) is 13.1 Å². The van der Waals surface area contributed by atoms with Gasteiger partial charge in [0.1, 0.15) is 0 Å². The number of nitrogens with one attached hydrogen (secondary N) is 2. The number of aromatic nitrogens is 8. The normalized spacial score (nSPS) is 20.0. The van der Waals surface area contributed by atoms with Gasteiger partial charge in [0.25, 0.3) is 0 Å². The molecule has 16 nitrogen and oxygen atoms in total. The Bertz CT molecular complexity index is 2210. The summed E-state index contributed by atoms with van der Waals surface area (Å²) in [5.74, 6) is -6.06. The van der Waals surface area contributed by atoms with E-state index in [4.69, 9.17) is 19.2 Å². The standard InChI is InChI=1S/C38H39F6N11O5/c1-2-17-55-51-31(50-52-55)28-27(59-34(56)37(39,40)41)29(60-35(57)38(42,43)44)33(58-28)54-22-47-26-30(48-36(49-32(26)54)45-16-20-53-18-10-5-11-19-53)46-21-25(23-12-6-3-7-13-23)24-14-8-4-9-15-24/h2-4,6-9,12-15,22,25,27-29,33H,1,5,10-11,16-21H2,(H2,45,46,48,49)/t27-,28-,29+,33+/m0/s1. The molecule has 318 valence electrons. The maximum Gasteiger partial charge on any atom is 0.490 e. The highest BCUT2D eigenvalue weighted by Crippen LogP contribution is 2.44. The first-order valence-electron chi connectivity index (χ1n) is 18.9. The van der Waals surface area contributed by atoms with Gasteiger partial charge in [-0.25, -0.2) is 14.6 Å². The van der Waals surface area contributed by atoms with Gasteiger partial charge in [-0.15, -0.1) is 16.8 Å². The van der Waals surface area contributed by atoms with Crippen LogP contribution in [0.15, 0.2) is 79.6 Å². The lowest BCUT2D eigenvalue weighted by Crippen LogP contribution is -2.42. The van der Waals surface area contributed by atoms with Gasteiger partial charge in [-0.2, -0.15) is 41.1 Å². The van der Waals surface area contributed by atoms with Gasteiger partial charge < -0.3 is 29.7 Å². The molecule has 2 aliphatic heterocycles. The molecular weight excluding hydrogens is 804 g/mol. The quantitative estimate of drug-likeness (QED) is 0.0783. The summed E-state index contributed by atoms with van der Waals surface area (Å²) >= 11 is 0. The lowest BCUT2D eigenvalue weighted by atomic mass is 9.91. The zero-order valence-electron chi connectivity index (χ0n) is 31.7. The second-order valence-electron chi connectivity index (χ2n) is 14.0. The number of fused-ring (bicyclic) bond motifs is 1. The number of likely N-dealkylation sites (tertiary alicyclic amines) is 1. The molecule has 2 fully saturated rings. The number of anilines is 2. The molecule has 2 saturated heterocycles. The summed E-state index contributed by atoms with van der Waals surface area (Å²) in [6.07, 6.45) is -14.2. The van der Waals surface area contributed by atoms with Gasteiger partial charge in [0.05, 0.1) is 12.9 Å². The number of carbonyl (C=O) groups is 2. The smallest absolute Gasteiger partial charge is 0.448 e. The number of halogens is 6. The van der Waals surface area contributed by atoms with E-state index in [1.807, 2.05) is 60.7 Å². The fourth-order valence-electron chi connectivity index (χ4n) is 7.08. The van der Waals surface area contributed by atoms with Crippen molar-refractivity contribution >= 4 is 34.9 Å². The van der Waals surface area contributed by atoms with Crippen LogP contribution in [0.5, 0.6) is 0 Å². The Morgan fingerprint density at radius 1 is 0.883 bits per heavy atom. The SMILES string of the molecule is C=CCn1nnc([C@H]2O[C@@H](n3cnc4c(NCC(c5ccccc5)c5ccccc5)nc(NCCN5CCCCC5)nc43)[C@H](OC(=O)C(F)(F)F)[C@H]2OC(=O)C(F)(F)F)n1. The first-order chi connectivity index (χ1) is 28.8. The Morgan fingerprint density at radius 2 is 1.52 bits per heavy atom. The number of allylic oxidation sites excluding steroid dienone is 1. The van der Waals surface area contributed by atoms with E-state index < -0.39 is 54.7 Å². The summed E-state index contributed by atoms with van der Waals surface area (Å²) in [5.41, 5.74) is 1.93. The van der Waals surface area contributed by atoms with Gasteiger partial charge in [0, 0.05) is 25.6 Å². The molecule has 7 rings (SSSR count). The first-order valence-corrected chi connectivity index (χ1v) is 18.9. The molecule has 0 aliphatic carbocycles. The fraction of sp³-hybridized carbons (Fsp3) is 0.421. The molecule has 5 heterocycles. The summed E-state index contributed by atoms with van der Waals surface area (Å²) in [4.78, 5) is 41.7. The van der Waals surface area contributed by atoms with Crippen LogP contribution in [0.4, 0.5) is 38.1 Å². The number of carbonyl (C=O) groups excluding carboxylic acids is 2. The van der Waals surface area contributed by atoms with Crippen LogP contribution in [0, 0.1) is 0 Å². The van der Waals surface area contributed by atoms with Crippen LogP contribution in [0.3, 0.4) is 0 Å². The Kier molecular flexibility index (Phi) is 12.6. The Morgan fingerprint density at radius 3 is 2.13 bits per heavy atom. The highest BCUT2D eigenvalue weighted by molar-refractivity contribution is 5.84. The van der Waals surface area contributed by atoms with Gasteiger partial charge in [-0.3, -0.25) is 4.57 Å². The van der Waals surface area contributed by atoms with Crippen molar-refractivity contribution in [3.63, 3.8) is 0 Å². The monoisotopic (exact) mass is 843 g/mol. The summed E-state index contributed by atoms with van der Waals surface area (Å²) < 4.78 is 98.8. The first kappa shape index (κ1) is 42.0. The molecule has 2 aromatic carbocycles. The molecule has 22 heteroatoms. The summed E-state index contributed by atoms with van der Waals surface area (Å²) in [7, 11) is 0. The Balaban J connectivity index is 1.30. The number of hydrogen-bond donors (Lipinski definition) is 2. The van der Waals surface area contributed by atoms with E-state index in [2.05, 4.69) is 47.5 Å². The second-order valence-corrected chi connectivity index (χ2v) is 14.0. The molecular formula is C38H39F6N11O5. The average Bonchev–Trinajstić information content (AvgIpc) is 3.96. The number of alkyl halides is 6. The molecule has 0 saturated carbocycles. The van der Waals surface area contributed by atoms with Gasteiger partial charge in [-0.1, -0.05) is 73.2 Å². The number of tetrazole rings is 1. The molecule has 0 spiro atoms. The molecule has 0 radical (unpaired) electrons. The minimum atomic E-state index is -5.62. The van der Waals surface area contributed by atoms with Crippen molar-refractivity contribution in [3.05, 3.63) is 96.6 Å². The third kappa shape index (κ3) is 9.65.